The molecule has 0 bridgehead atoms. The molecule has 0 atom stereocenters. The Bertz CT molecular complexity index is 664. The molecule has 5 heteroatoms. The molecule has 2 heterocycles. The molecule has 0 saturated carbocycles. The summed E-state index contributed by atoms with van der Waals surface area (Å²) in [5.41, 5.74) is 8.40. The second-order valence-corrected chi connectivity index (χ2v) is 4.59. The van der Waals surface area contributed by atoms with Gasteiger partial charge in [-0.3, -0.25) is 0 Å². The Balaban J connectivity index is 2.00. The highest BCUT2D eigenvalue weighted by molar-refractivity contribution is 7.13. The van der Waals surface area contributed by atoms with Gasteiger partial charge in [0.25, 0.3) is 0 Å². The van der Waals surface area contributed by atoms with Gasteiger partial charge in [-0.15, -0.1) is 11.3 Å². The first-order valence-electron chi connectivity index (χ1n) is 5.42. The number of anilines is 1. The Morgan fingerprint density at radius 3 is 2.67 bits per heavy atom. The third kappa shape index (κ3) is 2.08. The summed E-state index contributed by atoms with van der Waals surface area (Å²) in [7, 11) is 0. The summed E-state index contributed by atoms with van der Waals surface area (Å²) in [6.45, 7) is 0. The van der Waals surface area contributed by atoms with Crippen LogP contribution in [0.15, 0.2) is 48.1 Å². The van der Waals surface area contributed by atoms with Crippen LogP contribution in [0.1, 0.15) is 0 Å². The van der Waals surface area contributed by atoms with Gasteiger partial charge in [0.2, 0.25) is 0 Å². The van der Waals surface area contributed by atoms with E-state index in [9.17, 15) is 0 Å². The standard InChI is InChI=1S/C13H10N4S/c14-10-4-1-3-9(7-10)11-8-18-13(17-11)12-15-5-2-6-16-12/h1-8H,14H2. The molecule has 0 aliphatic rings. The maximum Gasteiger partial charge on any atom is 0.188 e. The van der Waals surface area contributed by atoms with E-state index >= 15 is 0 Å². The molecule has 0 amide bonds. The molecule has 0 spiro atoms. The smallest absolute Gasteiger partial charge is 0.188 e. The van der Waals surface area contributed by atoms with Crippen molar-refractivity contribution in [2.75, 3.05) is 5.73 Å². The van der Waals surface area contributed by atoms with E-state index < -0.39 is 0 Å². The predicted molar refractivity (Wildman–Crippen MR) is 73.0 cm³/mol. The van der Waals surface area contributed by atoms with Crippen molar-refractivity contribution in [1.29, 1.82) is 0 Å². The summed E-state index contributed by atoms with van der Waals surface area (Å²) >= 11 is 1.53. The van der Waals surface area contributed by atoms with Crippen molar-refractivity contribution in [2.24, 2.45) is 0 Å². The number of nitrogens with zero attached hydrogens (tertiary/aromatic N) is 3. The first-order chi connectivity index (χ1) is 8.83. The van der Waals surface area contributed by atoms with Gasteiger partial charge < -0.3 is 5.73 Å². The fourth-order valence-corrected chi connectivity index (χ4v) is 2.39. The summed E-state index contributed by atoms with van der Waals surface area (Å²) in [6.07, 6.45) is 3.42. The first kappa shape index (κ1) is 10.9. The highest BCUT2D eigenvalue weighted by atomic mass is 32.1. The highest BCUT2D eigenvalue weighted by Gasteiger charge is 2.08. The molecule has 0 aliphatic heterocycles. The van der Waals surface area contributed by atoms with Gasteiger partial charge in [-0.05, 0) is 18.2 Å². The van der Waals surface area contributed by atoms with Gasteiger partial charge in [0.15, 0.2) is 10.8 Å². The number of hydrogen-bond donors (Lipinski definition) is 1. The summed E-state index contributed by atoms with van der Waals surface area (Å²) < 4.78 is 0. The van der Waals surface area contributed by atoms with Crippen molar-refractivity contribution in [1.82, 2.24) is 15.0 Å². The Kier molecular flexibility index (Phi) is 2.74. The molecular weight excluding hydrogens is 244 g/mol. The molecule has 2 N–H and O–H groups in total. The molecule has 3 aromatic rings. The molecule has 18 heavy (non-hydrogen) atoms. The van der Waals surface area contributed by atoms with Gasteiger partial charge >= 0.3 is 0 Å². The number of nitrogen functional groups attached to an aromatic ring is 1. The van der Waals surface area contributed by atoms with E-state index in [0.717, 1.165) is 22.0 Å². The van der Waals surface area contributed by atoms with Crippen molar-refractivity contribution in [3.8, 4) is 22.1 Å². The lowest BCUT2D eigenvalue weighted by molar-refractivity contribution is 1.16. The van der Waals surface area contributed by atoms with Crippen LogP contribution in [0.5, 0.6) is 0 Å². The zero-order valence-corrected chi connectivity index (χ0v) is 10.3. The molecule has 1 aromatic carbocycles. The number of thiazole rings is 1. The van der Waals surface area contributed by atoms with E-state index in [2.05, 4.69) is 15.0 Å². The molecule has 3 rings (SSSR count). The van der Waals surface area contributed by atoms with Crippen molar-refractivity contribution in [2.45, 2.75) is 0 Å². The van der Waals surface area contributed by atoms with E-state index in [0.29, 0.717) is 5.82 Å². The molecule has 4 nitrogen and oxygen atoms in total. The minimum Gasteiger partial charge on any atom is -0.399 e. The van der Waals surface area contributed by atoms with Crippen molar-refractivity contribution < 1.29 is 0 Å². The van der Waals surface area contributed by atoms with Gasteiger partial charge in [0, 0.05) is 29.0 Å². The lowest BCUT2D eigenvalue weighted by atomic mass is 10.1. The monoisotopic (exact) mass is 254 g/mol. The molecule has 0 saturated heterocycles. The molecule has 0 fully saturated rings. The lowest BCUT2D eigenvalue weighted by Crippen LogP contribution is -1.87. The molecule has 0 aliphatic carbocycles. The second kappa shape index (κ2) is 4.54. The van der Waals surface area contributed by atoms with Gasteiger partial charge in [-0.2, -0.15) is 0 Å². The van der Waals surface area contributed by atoms with Crippen molar-refractivity contribution >= 4 is 17.0 Å². The van der Waals surface area contributed by atoms with Crippen LogP contribution in [-0.4, -0.2) is 15.0 Å². The van der Waals surface area contributed by atoms with Gasteiger partial charge in [-0.25, -0.2) is 15.0 Å². The molecule has 0 radical (unpaired) electrons. The summed E-state index contributed by atoms with van der Waals surface area (Å²) in [5.74, 6) is 0.651. The number of hydrogen-bond acceptors (Lipinski definition) is 5. The van der Waals surface area contributed by atoms with E-state index in [1.165, 1.54) is 11.3 Å². The molecule has 2 aromatic heterocycles. The number of benzene rings is 1. The van der Waals surface area contributed by atoms with E-state index in [4.69, 9.17) is 5.73 Å². The zero-order chi connectivity index (χ0) is 12.4. The summed E-state index contributed by atoms with van der Waals surface area (Å²) in [6, 6.07) is 9.46. The van der Waals surface area contributed by atoms with Crippen molar-refractivity contribution in [3.63, 3.8) is 0 Å². The largest absolute Gasteiger partial charge is 0.399 e. The Labute approximate surface area is 108 Å². The number of rotatable bonds is 2. The molecular formula is C13H10N4S. The van der Waals surface area contributed by atoms with Crippen LogP contribution in [0.25, 0.3) is 22.1 Å². The fourth-order valence-electron chi connectivity index (χ4n) is 1.62. The first-order valence-corrected chi connectivity index (χ1v) is 6.30. The third-order valence-corrected chi connectivity index (χ3v) is 3.28. The second-order valence-electron chi connectivity index (χ2n) is 3.74. The maximum absolute atomic E-state index is 5.76. The van der Waals surface area contributed by atoms with Crippen LogP contribution in [0.4, 0.5) is 5.69 Å². The van der Waals surface area contributed by atoms with Gasteiger partial charge in [0.1, 0.15) is 0 Å². The average Bonchev–Trinajstić information content (AvgIpc) is 2.89. The minimum absolute atomic E-state index is 0.651. The van der Waals surface area contributed by atoms with E-state index in [1.807, 2.05) is 29.6 Å². The van der Waals surface area contributed by atoms with E-state index in [-0.39, 0.29) is 0 Å². The van der Waals surface area contributed by atoms with E-state index in [1.54, 1.807) is 18.5 Å². The van der Waals surface area contributed by atoms with Crippen LogP contribution >= 0.6 is 11.3 Å². The van der Waals surface area contributed by atoms with Gasteiger partial charge in [-0.1, -0.05) is 12.1 Å². The summed E-state index contributed by atoms with van der Waals surface area (Å²) in [4.78, 5) is 12.9. The lowest BCUT2D eigenvalue weighted by Gasteiger charge is -1.97. The van der Waals surface area contributed by atoms with Crippen LogP contribution in [0.2, 0.25) is 0 Å². The zero-order valence-electron chi connectivity index (χ0n) is 9.45. The Morgan fingerprint density at radius 1 is 1.06 bits per heavy atom. The van der Waals surface area contributed by atoms with Crippen molar-refractivity contribution in [3.05, 3.63) is 48.1 Å². The highest BCUT2D eigenvalue weighted by Crippen LogP contribution is 2.27. The molecule has 0 unspecified atom stereocenters. The third-order valence-electron chi connectivity index (χ3n) is 2.44. The SMILES string of the molecule is Nc1cccc(-c2csc(-c3ncccn3)n2)c1. The Morgan fingerprint density at radius 2 is 1.89 bits per heavy atom. The Hall–Kier alpha value is -2.27. The quantitative estimate of drug-likeness (QED) is 0.714. The summed E-state index contributed by atoms with van der Waals surface area (Å²) in [5, 5.41) is 2.80. The predicted octanol–water partition coefficient (Wildman–Crippen LogP) is 2.85. The average molecular weight is 254 g/mol. The molecule has 88 valence electrons. The number of nitrogens with two attached hydrogens (primary N) is 1. The minimum atomic E-state index is 0.651. The normalized spacial score (nSPS) is 10.4. The van der Waals surface area contributed by atoms with Crippen LogP contribution in [0, 0.1) is 0 Å². The maximum atomic E-state index is 5.76. The van der Waals surface area contributed by atoms with Crippen LogP contribution in [0.3, 0.4) is 0 Å². The van der Waals surface area contributed by atoms with Gasteiger partial charge in [0.05, 0.1) is 5.69 Å². The fraction of sp³-hybridized carbons (Fsp3) is 0. The van der Waals surface area contributed by atoms with Crippen LogP contribution < -0.4 is 5.73 Å². The number of aromatic nitrogens is 3. The van der Waals surface area contributed by atoms with Crippen LogP contribution in [-0.2, 0) is 0 Å². The topological polar surface area (TPSA) is 64.7 Å².